The van der Waals surface area contributed by atoms with Crippen molar-refractivity contribution in [2.75, 3.05) is 0 Å². The minimum Gasteiger partial charge on any atom is -0.479 e. The van der Waals surface area contributed by atoms with E-state index in [1.165, 1.54) is 19.1 Å². The molecule has 1 aromatic rings. The van der Waals surface area contributed by atoms with Gasteiger partial charge in [-0.3, -0.25) is 0 Å². The van der Waals surface area contributed by atoms with Gasteiger partial charge in [0.25, 0.3) is 0 Å². The number of carboxylic acid groups (broad SMARTS) is 1. The lowest BCUT2D eigenvalue weighted by molar-refractivity contribution is -0.157. The molecule has 3 nitrogen and oxygen atoms in total. The Labute approximate surface area is 80.8 Å². The second-order valence-electron chi connectivity index (χ2n) is 3.34. The number of hydrogen-bond donors (Lipinski definition) is 2. The van der Waals surface area contributed by atoms with Crippen molar-refractivity contribution in [2.45, 2.75) is 19.4 Å². The van der Waals surface area contributed by atoms with E-state index in [1.54, 1.807) is 0 Å². The molecule has 1 unspecified atom stereocenters. The summed E-state index contributed by atoms with van der Waals surface area (Å²) < 4.78 is 12.9. The van der Waals surface area contributed by atoms with E-state index in [9.17, 15) is 14.3 Å². The van der Waals surface area contributed by atoms with E-state index in [1.807, 2.05) is 0 Å². The molecule has 0 radical (unpaired) electrons. The largest absolute Gasteiger partial charge is 0.479 e. The van der Waals surface area contributed by atoms with Crippen molar-refractivity contribution in [3.63, 3.8) is 0 Å². The lowest BCUT2D eigenvalue weighted by Gasteiger charge is -2.18. The molecule has 14 heavy (non-hydrogen) atoms. The van der Waals surface area contributed by atoms with Crippen LogP contribution in [0.4, 0.5) is 4.39 Å². The van der Waals surface area contributed by atoms with E-state index in [0.29, 0.717) is 5.56 Å². The number of aliphatic hydroxyl groups is 1. The van der Waals surface area contributed by atoms with Crippen molar-refractivity contribution in [1.29, 1.82) is 0 Å². The number of aliphatic carboxylic acids is 1. The topological polar surface area (TPSA) is 57.5 Å². The third kappa shape index (κ3) is 1.75. The van der Waals surface area contributed by atoms with Crippen LogP contribution in [0.15, 0.2) is 18.2 Å². The first-order valence-corrected chi connectivity index (χ1v) is 4.08. The Morgan fingerprint density at radius 1 is 1.50 bits per heavy atom. The Kier molecular flexibility index (Phi) is 2.57. The van der Waals surface area contributed by atoms with E-state index in [4.69, 9.17) is 5.11 Å². The number of benzene rings is 1. The second-order valence-corrected chi connectivity index (χ2v) is 3.34. The average molecular weight is 198 g/mol. The van der Waals surface area contributed by atoms with Crippen molar-refractivity contribution in [1.82, 2.24) is 0 Å². The minimum absolute atomic E-state index is 0.170. The van der Waals surface area contributed by atoms with E-state index in [2.05, 4.69) is 0 Å². The molecule has 0 fully saturated rings. The summed E-state index contributed by atoms with van der Waals surface area (Å²) >= 11 is 0. The molecule has 0 saturated heterocycles. The van der Waals surface area contributed by atoms with Crippen molar-refractivity contribution in [3.8, 4) is 0 Å². The van der Waals surface area contributed by atoms with Crippen LogP contribution >= 0.6 is 0 Å². The molecule has 0 aromatic heterocycles. The highest BCUT2D eigenvalue weighted by Gasteiger charge is 2.32. The lowest BCUT2D eigenvalue weighted by atomic mass is 9.95. The average Bonchev–Trinajstić information content (AvgIpc) is 2.09. The zero-order chi connectivity index (χ0) is 10.9. The van der Waals surface area contributed by atoms with Gasteiger partial charge in [0, 0.05) is 0 Å². The fourth-order valence-corrected chi connectivity index (χ4v) is 1.07. The van der Waals surface area contributed by atoms with Crippen LogP contribution in [0.3, 0.4) is 0 Å². The highest BCUT2D eigenvalue weighted by Crippen LogP contribution is 2.22. The molecule has 4 heteroatoms. The highest BCUT2D eigenvalue weighted by molar-refractivity contribution is 5.78. The molecule has 0 saturated carbocycles. The van der Waals surface area contributed by atoms with Gasteiger partial charge < -0.3 is 10.2 Å². The monoisotopic (exact) mass is 198 g/mol. The van der Waals surface area contributed by atoms with Crippen LogP contribution < -0.4 is 0 Å². The van der Waals surface area contributed by atoms with Gasteiger partial charge in [-0.1, -0.05) is 6.07 Å². The molecule has 0 spiro atoms. The summed E-state index contributed by atoms with van der Waals surface area (Å²) in [6, 6.07) is 3.72. The fraction of sp³-hybridized carbons (Fsp3) is 0.300. The van der Waals surface area contributed by atoms with Crippen LogP contribution in [0.25, 0.3) is 0 Å². The van der Waals surface area contributed by atoms with Crippen molar-refractivity contribution in [2.24, 2.45) is 0 Å². The SMILES string of the molecule is Cc1cc(C(C)(O)C(=O)O)ccc1F. The quantitative estimate of drug-likeness (QED) is 0.755. The molecular weight excluding hydrogens is 187 g/mol. The maximum atomic E-state index is 12.9. The van der Waals surface area contributed by atoms with Crippen LogP contribution in [-0.4, -0.2) is 16.2 Å². The summed E-state index contributed by atoms with van der Waals surface area (Å²) in [7, 11) is 0. The van der Waals surface area contributed by atoms with Crippen LogP contribution in [0.2, 0.25) is 0 Å². The van der Waals surface area contributed by atoms with Gasteiger partial charge in [-0.2, -0.15) is 0 Å². The normalized spacial score (nSPS) is 14.9. The van der Waals surface area contributed by atoms with Crippen LogP contribution in [0.1, 0.15) is 18.1 Å². The summed E-state index contributed by atoms with van der Waals surface area (Å²) in [6.45, 7) is 2.67. The number of carboxylic acids is 1. The second kappa shape index (κ2) is 3.38. The van der Waals surface area contributed by atoms with Crippen LogP contribution in [0.5, 0.6) is 0 Å². The number of aryl methyl sites for hydroxylation is 1. The molecule has 0 heterocycles. The maximum Gasteiger partial charge on any atom is 0.340 e. The summed E-state index contributed by atoms with van der Waals surface area (Å²) in [5, 5.41) is 18.3. The maximum absolute atomic E-state index is 12.9. The van der Waals surface area contributed by atoms with E-state index < -0.39 is 17.4 Å². The van der Waals surface area contributed by atoms with Gasteiger partial charge in [-0.05, 0) is 37.1 Å². The zero-order valence-electron chi connectivity index (χ0n) is 7.91. The first kappa shape index (κ1) is 10.7. The number of carbonyl (C=O) groups is 1. The molecule has 0 bridgehead atoms. The lowest BCUT2D eigenvalue weighted by Crippen LogP contribution is -2.31. The first-order chi connectivity index (χ1) is 6.35. The van der Waals surface area contributed by atoms with Gasteiger partial charge in [0.1, 0.15) is 5.82 Å². The molecule has 1 atom stereocenters. The van der Waals surface area contributed by atoms with Gasteiger partial charge in [0.05, 0.1) is 0 Å². The van der Waals surface area contributed by atoms with Gasteiger partial charge in [0.2, 0.25) is 0 Å². The van der Waals surface area contributed by atoms with Gasteiger partial charge >= 0.3 is 5.97 Å². The summed E-state index contributed by atoms with van der Waals surface area (Å²) in [4.78, 5) is 10.7. The van der Waals surface area contributed by atoms with Crippen LogP contribution in [-0.2, 0) is 10.4 Å². The Hall–Kier alpha value is -1.42. The predicted molar refractivity (Wildman–Crippen MR) is 48.3 cm³/mol. The molecule has 76 valence electrons. The molecular formula is C10H11FO3. The minimum atomic E-state index is -1.97. The van der Waals surface area contributed by atoms with Crippen LogP contribution in [0, 0.1) is 12.7 Å². The zero-order valence-corrected chi connectivity index (χ0v) is 7.91. The number of rotatable bonds is 2. The standard InChI is InChI=1S/C10H11FO3/c1-6-5-7(3-4-8(6)11)10(2,14)9(12)13/h3-5,14H,1-2H3,(H,12,13). The molecule has 1 rings (SSSR count). The first-order valence-electron chi connectivity index (χ1n) is 4.08. The summed E-state index contributed by atoms with van der Waals surface area (Å²) in [6.07, 6.45) is 0. The number of halogens is 1. The Morgan fingerprint density at radius 2 is 2.07 bits per heavy atom. The molecule has 0 aliphatic rings. The molecule has 0 aliphatic heterocycles. The van der Waals surface area contributed by atoms with Crippen molar-refractivity contribution < 1.29 is 19.4 Å². The predicted octanol–water partition coefficient (Wildman–Crippen LogP) is 1.43. The highest BCUT2D eigenvalue weighted by atomic mass is 19.1. The number of hydrogen-bond acceptors (Lipinski definition) is 2. The molecule has 0 amide bonds. The Balaban J connectivity index is 3.21. The van der Waals surface area contributed by atoms with E-state index >= 15 is 0 Å². The van der Waals surface area contributed by atoms with Gasteiger partial charge in [0.15, 0.2) is 5.60 Å². The van der Waals surface area contributed by atoms with Gasteiger partial charge in [-0.15, -0.1) is 0 Å². The molecule has 2 N–H and O–H groups in total. The molecule has 1 aromatic carbocycles. The van der Waals surface area contributed by atoms with Crippen molar-refractivity contribution in [3.05, 3.63) is 35.1 Å². The fourth-order valence-electron chi connectivity index (χ4n) is 1.07. The molecule has 0 aliphatic carbocycles. The third-order valence-corrected chi connectivity index (χ3v) is 2.14. The third-order valence-electron chi connectivity index (χ3n) is 2.14. The summed E-state index contributed by atoms with van der Waals surface area (Å²) in [5.74, 6) is -1.78. The Morgan fingerprint density at radius 3 is 2.50 bits per heavy atom. The van der Waals surface area contributed by atoms with E-state index in [-0.39, 0.29) is 5.56 Å². The van der Waals surface area contributed by atoms with Crippen molar-refractivity contribution >= 4 is 5.97 Å². The summed E-state index contributed by atoms with van der Waals surface area (Å²) in [5.41, 5.74) is -1.49. The smallest absolute Gasteiger partial charge is 0.340 e. The van der Waals surface area contributed by atoms with E-state index in [0.717, 1.165) is 13.0 Å². The van der Waals surface area contributed by atoms with Gasteiger partial charge in [-0.25, -0.2) is 9.18 Å². The Bertz CT molecular complexity index is 372.